The van der Waals surface area contributed by atoms with Crippen molar-refractivity contribution in [1.29, 1.82) is 0 Å². The van der Waals surface area contributed by atoms with Gasteiger partial charge >= 0.3 is 0 Å². The van der Waals surface area contributed by atoms with E-state index in [0.717, 1.165) is 6.42 Å². The minimum absolute atomic E-state index is 0.0880. The Labute approximate surface area is 66.8 Å². The molecule has 1 rings (SSSR count). The van der Waals surface area contributed by atoms with Crippen LogP contribution in [0.25, 0.3) is 0 Å². The Balaban J connectivity index is 2.72. The van der Waals surface area contributed by atoms with E-state index in [-0.39, 0.29) is 12.5 Å². The quantitative estimate of drug-likeness (QED) is 0.632. The second-order valence-electron chi connectivity index (χ2n) is 2.83. The van der Waals surface area contributed by atoms with E-state index >= 15 is 0 Å². The van der Waals surface area contributed by atoms with Crippen LogP contribution in [0.4, 0.5) is 0 Å². The van der Waals surface area contributed by atoms with Crippen LogP contribution in [0.1, 0.15) is 13.3 Å². The van der Waals surface area contributed by atoms with Crippen LogP contribution in [-0.2, 0) is 14.8 Å². The molecule has 1 heterocycles. The summed E-state index contributed by atoms with van der Waals surface area (Å²) in [5.74, 6) is 0.0880. The molecular formula is C6H13NO3S. The molecule has 2 N–H and O–H groups in total. The van der Waals surface area contributed by atoms with Gasteiger partial charge in [-0.25, -0.2) is 13.6 Å². The fourth-order valence-electron chi connectivity index (χ4n) is 1.32. The molecule has 2 unspecified atom stereocenters. The lowest BCUT2D eigenvalue weighted by atomic mass is 10.1. The summed E-state index contributed by atoms with van der Waals surface area (Å²) < 4.78 is 26.8. The second-order valence-corrected chi connectivity index (χ2v) is 4.62. The largest absolute Gasteiger partial charge is 0.380 e. The van der Waals surface area contributed by atoms with Crippen molar-refractivity contribution in [3.05, 3.63) is 0 Å². The molecule has 0 aromatic heterocycles. The van der Waals surface area contributed by atoms with Crippen LogP contribution < -0.4 is 5.14 Å². The summed E-state index contributed by atoms with van der Waals surface area (Å²) in [6, 6.07) is 0. The van der Waals surface area contributed by atoms with Crippen LogP contribution in [0.2, 0.25) is 0 Å². The smallest absolute Gasteiger partial charge is 0.214 e. The number of nitrogens with two attached hydrogens (primary N) is 1. The van der Waals surface area contributed by atoms with Gasteiger partial charge in [-0.2, -0.15) is 0 Å². The SMILES string of the molecule is CCC1COCC1S(N)(=O)=O. The number of rotatable bonds is 2. The molecule has 66 valence electrons. The first kappa shape index (κ1) is 8.96. The lowest BCUT2D eigenvalue weighted by Crippen LogP contribution is -2.34. The first-order valence-corrected chi connectivity index (χ1v) is 5.26. The van der Waals surface area contributed by atoms with Crippen molar-refractivity contribution in [2.45, 2.75) is 18.6 Å². The van der Waals surface area contributed by atoms with E-state index in [0.29, 0.717) is 6.61 Å². The molecular weight excluding hydrogens is 166 g/mol. The van der Waals surface area contributed by atoms with Crippen LogP contribution >= 0.6 is 0 Å². The minimum Gasteiger partial charge on any atom is -0.380 e. The Kier molecular flexibility index (Phi) is 2.51. The molecule has 0 aromatic rings. The highest BCUT2D eigenvalue weighted by Gasteiger charge is 2.34. The predicted octanol–water partition coefficient (Wildman–Crippen LogP) is -0.300. The highest BCUT2D eigenvalue weighted by atomic mass is 32.2. The molecule has 0 amide bonds. The molecule has 4 nitrogen and oxygen atoms in total. The van der Waals surface area contributed by atoms with Crippen molar-refractivity contribution in [3.63, 3.8) is 0 Å². The maximum Gasteiger partial charge on any atom is 0.214 e. The highest BCUT2D eigenvalue weighted by molar-refractivity contribution is 7.89. The Morgan fingerprint density at radius 3 is 2.55 bits per heavy atom. The van der Waals surface area contributed by atoms with Gasteiger partial charge in [-0.15, -0.1) is 0 Å². The molecule has 11 heavy (non-hydrogen) atoms. The molecule has 0 bridgehead atoms. The third-order valence-electron chi connectivity index (χ3n) is 2.09. The summed E-state index contributed by atoms with van der Waals surface area (Å²) >= 11 is 0. The lowest BCUT2D eigenvalue weighted by Gasteiger charge is -2.11. The van der Waals surface area contributed by atoms with E-state index in [1.54, 1.807) is 0 Å². The van der Waals surface area contributed by atoms with Gasteiger partial charge in [0.25, 0.3) is 0 Å². The van der Waals surface area contributed by atoms with Crippen molar-refractivity contribution in [2.75, 3.05) is 13.2 Å². The van der Waals surface area contributed by atoms with E-state index in [1.807, 2.05) is 6.92 Å². The van der Waals surface area contributed by atoms with E-state index < -0.39 is 15.3 Å². The summed E-state index contributed by atoms with van der Waals surface area (Å²) in [5, 5.41) is 4.52. The molecule has 0 radical (unpaired) electrons. The molecule has 1 fully saturated rings. The Bertz CT molecular complexity index is 224. The molecule has 2 atom stereocenters. The number of hydrogen-bond donors (Lipinski definition) is 1. The maximum atomic E-state index is 10.9. The van der Waals surface area contributed by atoms with Crippen molar-refractivity contribution >= 4 is 10.0 Å². The third kappa shape index (κ3) is 1.91. The fraction of sp³-hybridized carbons (Fsp3) is 1.00. The highest BCUT2D eigenvalue weighted by Crippen LogP contribution is 2.21. The molecule has 0 aromatic carbocycles. The molecule has 0 spiro atoms. The first-order chi connectivity index (χ1) is 5.05. The van der Waals surface area contributed by atoms with Gasteiger partial charge in [-0.05, 0) is 6.42 Å². The van der Waals surface area contributed by atoms with Gasteiger partial charge in [0.05, 0.1) is 13.2 Å². The summed E-state index contributed by atoms with van der Waals surface area (Å²) in [7, 11) is -3.39. The van der Waals surface area contributed by atoms with Gasteiger partial charge in [-0.3, -0.25) is 0 Å². The zero-order chi connectivity index (χ0) is 8.48. The Morgan fingerprint density at radius 2 is 2.18 bits per heavy atom. The monoisotopic (exact) mass is 179 g/mol. The third-order valence-corrected chi connectivity index (χ3v) is 3.45. The number of sulfonamides is 1. The minimum atomic E-state index is -3.39. The van der Waals surface area contributed by atoms with Crippen molar-refractivity contribution in [3.8, 4) is 0 Å². The summed E-state index contributed by atoms with van der Waals surface area (Å²) in [4.78, 5) is 0. The van der Waals surface area contributed by atoms with Crippen molar-refractivity contribution in [2.24, 2.45) is 11.1 Å². The van der Waals surface area contributed by atoms with E-state index in [4.69, 9.17) is 9.88 Å². The van der Waals surface area contributed by atoms with Crippen LogP contribution in [0.3, 0.4) is 0 Å². The van der Waals surface area contributed by atoms with Crippen molar-refractivity contribution in [1.82, 2.24) is 0 Å². The lowest BCUT2D eigenvalue weighted by molar-refractivity contribution is 0.185. The van der Waals surface area contributed by atoms with Gasteiger partial charge < -0.3 is 4.74 Å². The second kappa shape index (κ2) is 3.08. The summed E-state index contributed by atoms with van der Waals surface area (Å²) in [6.45, 7) is 2.73. The summed E-state index contributed by atoms with van der Waals surface area (Å²) in [5.41, 5.74) is 0. The average Bonchev–Trinajstić information content (AvgIpc) is 2.31. The molecule has 0 aliphatic carbocycles. The average molecular weight is 179 g/mol. The van der Waals surface area contributed by atoms with Gasteiger partial charge in [-0.1, -0.05) is 6.92 Å². The molecule has 1 aliphatic rings. The van der Waals surface area contributed by atoms with Gasteiger partial charge in [0.2, 0.25) is 10.0 Å². The van der Waals surface area contributed by atoms with Gasteiger partial charge in [0.15, 0.2) is 0 Å². The van der Waals surface area contributed by atoms with Crippen molar-refractivity contribution < 1.29 is 13.2 Å². The van der Waals surface area contributed by atoms with Gasteiger partial charge in [0.1, 0.15) is 5.25 Å². The molecule has 0 saturated carbocycles. The predicted molar refractivity (Wildman–Crippen MR) is 41.5 cm³/mol. The normalized spacial score (nSPS) is 32.5. The van der Waals surface area contributed by atoms with Crippen LogP contribution in [-0.4, -0.2) is 26.9 Å². The Morgan fingerprint density at radius 1 is 1.55 bits per heavy atom. The maximum absolute atomic E-state index is 10.9. The standard InChI is InChI=1S/C6H13NO3S/c1-2-5-3-10-4-6(5)11(7,8)9/h5-6H,2-4H2,1H3,(H2,7,8,9). The van der Waals surface area contributed by atoms with Gasteiger partial charge in [0, 0.05) is 5.92 Å². The molecule has 1 saturated heterocycles. The molecule has 1 aliphatic heterocycles. The molecule has 5 heteroatoms. The zero-order valence-electron chi connectivity index (χ0n) is 6.49. The number of ether oxygens (including phenoxy) is 1. The van der Waals surface area contributed by atoms with E-state index in [9.17, 15) is 8.42 Å². The number of hydrogen-bond acceptors (Lipinski definition) is 3. The summed E-state index contributed by atoms with van der Waals surface area (Å²) in [6.07, 6.45) is 0.807. The van der Waals surface area contributed by atoms with Crippen LogP contribution in [0.5, 0.6) is 0 Å². The van der Waals surface area contributed by atoms with E-state index in [2.05, 4.69) is 0 Å². The topological polar surface area (TPSA) is 69.4 Å². The van der Waals surface area contributed by atoms with Crippen LogP contribution in [0, 0.1) is 5.92 Å². The fourth-order valence-corrected chi connectivity index (χ4v) is 2.42. The zero-order valence-corrected chi connectivity index (χ0v) is 7.30. The van der Waals surface area contributed by atoms with Crippen LogP contribution in [0.15, 0.2) is 0 Å². The Hall–Kier alpha value is -0.130. The first-order valence-electron chi connectivity index (χ1n) is 3.65. The number of primary sulfonamides is 1. The van der Waals surface area contributed by atoms with E-state index in [1.165, 1.54) is 0 Å².